The van der Waals surface area contributed by atoms with E-state index in [1.807, 2.05) is 25.7 Å². The monoisotopic (exact) mass is 237 g/mol. The first-order valence-electron chi connectivity index (χ1n) is 6.00. The van der Waals surface area contributed by atoms with Gasteiger partial charge in [-0.25, -0.2) is 4.98 Å². The van der Waals surface area contributed by atoms with Gasteiger partial charge in [-0.05, 0) is 6.92 Å². The van der Waals surface area contributed by atoms with Crippen LogP contribution in [0.1, 0.15) is 31.5 Å². The smallest absolute Gasteiger partial charge is 0.225 e. The zero-order chi connectivity index (χ0) is 12.4. The number of imidazole rings is 1. The first-order chi connectivity index (χ1) is 8.08. The van der Waals surface area contributed by atoms with E-state index >= 15 is 0 Å². The number of carbonyl (C=O) groups is 1. The normalized spacial score (nSPS) is 20.9. The molecule has 1 aromatic heterocycles. The topological polar surface area (TPSA) is 58.2 Å². The summed E-state index contributed by atoms with van der Waals surface area (Å²) in [6.45, 7) is 7.63. The molecule has 1 aromatic rings. The predicted octanol–water partition coefficient (Wildman–Crippen LogP) is 1.27. The number of H-pyrrole nitrogens is 1. The molecule has 17 heavy (non-hydrogen) atoms. The van der Waals surface area contributed by atoms with E-state index < -0.39 is 0 Å². The molecule has 5 nitrogen and oxygen atoms in total. The lowest BCUT2D eigenvalue weighted by Crippen LogP contribution is -2.44. The van der Waals surface area contributed by atoms with Gasteiger partial charge in [0.1, 0.15) is 11.9 Å². The molecule has 1 saturated heterocycles. The zero-order valence-electron chi connectivity index (χ0n) is 10.6. The van der Waals surface area contributed by atoms with E-state index in [2.05, 4.69) is 9.97 Å². The van der Waals surface area contributed by atoms with Crippen molar-refractivity contribution in [3.05, 3.63) is 17.7 Å². The highest BCUT2D eigenvalue weighted by Crippen LogP contribution is 2.20. The standard InChI is InChI=1S/C12H19N3O2/c1-8(2)12(16)15-4-5-17-10(7-15)11-13-6-9(3)14-11/h6,8,10H,4-5,7H2,1-3H3,(H,13,14). The summed E-state index contributed by atoms with van der Waals surface area (Å²) in [7, 11) is 0. The number of hydrogen-bond donors (Lipinski definition) is 1. The lowest BCUT2D eigenvalue weighted by molar-refractivity contribution is -0.142. The Kier molecular flexibility index (Phi) is 3.47. The third kappa shape index (κ3) is 2.66. The number of nitrogens with zero attached hydrogens (tertiary/aromatic N) is 2. The molecule has 2 rings (SSSR count). The SMILES string of the molecule is Cc1cnc(C2CN(C(=O)C(C)C)CCO2)[nH]1. The van der Waals surface area contributed by atoms with Crippen molar-refractivity contribution in [3.63, 3.8) is 0 Å². The summed E-state index contributed by atoms with van der Waals surface area (Å²) >= 11 is 0. The maximum Gasteiger partial charge on any atom is 0.225 e. The second-order valence-corrected chi connectivity index (χ2v) is 4.75. The minimum atomic E-state index is -0.125. The van der Waals surface area contributed by atoms with Crippen LogP contribution in [0.2, 0.25) is 0 Å². The fourth-order valence-electron chi connectivity index (χ4n) is 1.98. The van der Waals surface area contributed by atoms with Gasteiger partial charge in [-0.1, -0.05) is 13.8 Å². The molecule has 0 radical (unpaired) electrons. The van der Waals surface area contributed by atoms with E-state index in [0.29, 0.717) is 19.7 Å². The molecule has 1 atom stereocenters. The number of rotatable bonds is 2. The van der Waals surface area contributed by atoms with Gasteiger partial charge in [-0.15, -0.1) is 0 Å². The van der Waals surface area contributed by atoms with E-state index in [1.165, 1.54) is 0 Å². The quantitative estimate of drug-likeness (QED) is 0.842. The minimum Gasteiger partial charge on any atom is -0.367 e. The molecule has 1 amide bonds. The summed E-state index contributed by atoms with van der Waals surface area (Å²) in [5, 5.41) is 0. The molecule has 1 N–H and O–H groups in total. The van der Waals surface area contributed by atoms with Crippen molar-refractivity contribution in [1.82, 2.24) is 14.9 Å². The average Bonchev–Trinajstić information content (AvgIpc) is 2.75. The number of ether oxygens (including phenoxy) is 1. The summed E-state index contributed by atoms with van der Waals surface area (Å²) in [5.74, 6) is 1.03. The van der Waals surface area contributed by atoms with Gasteiger partial charge < -0.3 is 14.6 Å². The Labute approximate surface area is 101 Å². The van der Waals surface area contributed by atoms with Crippen LogP contribution in [-0.4, -0.2) is 40.5 Å². The highest BCUT2D eigenvalue weighted by molar-refractivity contribution is 5.78. The van der Waals surface area contributed by atoms with Gasteiger partial charge in [-0.2, -0.15) is 0 Å². The molecule has 0 aliphatic carbocycles. The molecule has 0 spiro atoms. The van der Waals surface area contributed by atoms with E-state index in [0.717, 1.165) is 11.5 Å². The van der Waals surface area contributed by atoms with Gasteiger partial charge in [0.25, 0.3) is 0 Å². The highest BCUT2D eigenvalue weighted by atomic mass is 16.5. The van der Waals surface area contributed by atoms with Crippen LogP contribution in [0.15, 0.2) is 6.20 Å². The van der Waals surface area contributed by atoms with Crippen LogP contribution in [0, 0.1) is 12.8 Å². The molecule has 5 heteroatoms. The fourth-order valence-corrected chi connectivity index (χ4v) is 1.98. The van der Waals surface area contributed by atoms with Gasteiger partial charge in [0.05, 0.1) is 13.2 Å². The van der Waals surface area contributed by atoms with Crippen LogP contribution in [0.3, 0.4) is 0 Å². The first-order valence-corrected chi connectivity index (χ1v) is 6.00. The van der Waals surface area contributed by atoms with Crippen LogP contribution in [0.5, 0.6) is 0 Å². The number of aromatic nitrogens is 2. The summed E-state index contributed by atoms with van der Waals surface area (Å²) in [6.07, 6.45) is 1.65. The van der Waals surface area contributed by atoms with Gasteiger partial charge in [0.15, 0.2) is 0 Å². The molecule has 94 valence electrons. The van der Waals surface area contributed by atoms with Crippen molar-refractivity contribution < 1.29 is 9.53 Å². The Morgan fingerprint density at radius 3 is 3.00 bits per heavy atom. The van der Waals surface area contributed by atoms with E-state index in [1.54, 1.807) is 6.20 Å². The Balaban J connectivity index is 2.04. The van der Waals surface area contributed by atoms with E-state index in [4.69, 9.17) is 4.74 Å². The average molecular weight is 237 g/mol. The van der Waals surface area contributed by atoms with Crippen LogP contribution < -0.4 is 0 Å². The lowest BCUT2D eigenvalue weighted by Gasteiger charge is -2.33. The third-order valence-corrected chi connectivity index (χ3v) is 2.90. The van der Waals surface area contributed by atoms with Crippen LogP contribution in [-0.2, 0) is 9.53 Å². The van der Waals surface area contributed by atoms with Gasteiger partial charge in [-0.3, -0.25) is 4.79 Å². The molecule has 1 aliphatic heterocycles. The van der Waals surface area contributed by atoms with E-state index in [-0.39, 0.29) is 17.9 Å². The number of carbonyl (C=O) groups excluding carboxylic acids is 1. The Morgan fingerprint density at radius 1 is 1.65 bits per heavy atom. The molecule has 0 saturated carbocycles. The Hall–Kier alpha value is -1.36. The third-order valence-electron chi connectivity index (χ3n) is 2.90. The largest absolute Gasteiger partial charge is 0.367 e. The predicted molar refractivity (Wildman–Crippen MR) is 63.4 cm³/mol. The number of nitrogens with one attached hydrogen (secondary N) is 1. The van der Waals surface area contributed by atoms with Crippen molar-refractivity contribution in [1.29, 1.82) is 0 Å². The number of amides is 1. The number of morpholine rings is 1. The molecule has 0 bridgehead atoms. The number of aryl methyl sites for hydroxylation is 1. The first kappa shape index (κ1) is 12.1. The van der Waals surface area contributed by atoms with E-state index in [9.17, 15) is 4.79 Å². The summed E-state index contributed by atoms with van der Waals surface area (Å²) < 4.78 is 5.65. The fraction of sp³-hybridized carbons (Fsp3) is 0.667. The minimum absolute atomic E-state index is 0.0343. The summed E-state index contributed by atoms with van der Waals surface area (Å²) in [5.41, 5.74) is 1.01. The second kappa shape index (κ2) is 4.87. The van der Waals surface area contributed by atoms with Crippen LogP contribution >= 0.6 is 0 Å². The van der Waals surface area contributed by atoms with Crippen molar-refractivity contribution in [3.8, 4) is 0 Å². The van der Waals surface area contributed by atoms with Crippen molar-refractivity contribution >= 4 is 5.91 Å². The summed E-state index contributed by atoms with van der Waals surface area (Å²) in [6, 6.07) is 0. The van der Waals surface area contributed by atoms with Crippen molar-refractivity contribution in [2.24, 2.45) is 5.92 Å². The summed E-state index contributed by atoms with van der Waals surface area (Å²) in [4.78, 5) is 21.2. The zero-order valence-corrected chi connectivity index (χ0v) is 10.6. The van der Waals surface area contributed by atoms with Gasteiger partial charge >= 0.3 is 0 Å². The van der Waals surface area contributed by atoms with Gasteiger partial charge in [0, 0.05) is 24.4 Å². The Morgan fingerprint density at radius 2 is 2.41 bits per heavy atom. The van der Waals surface area contributed by atoms with Crippen molar-refractivity contribution in [2.45, 2.75) is 26.9 Å². The van der Waals surface area contributed by atoms with Crippen molar-refractivity contribution in [2.75, 3.05) is 19.7 Å². The molecule has 1 fully saturated rings. The maximum absolute atomic E-state index is 11.9. The van der Waals surface area contributed by atoms with Crippen LogP contribution in [0.4, 0.5) is 0 Å². The molecular formula is C12H19N3O2. The van der Waals surface area contributed by atoms with Gasteiger partial charge in [0.2, 0.25) is 5.91 Å². The second-order valence-electron chi connectivity index (χ2n) is 4.75. The number of aromatic amines is 1. The lowest BCUT2D eigenvalue weighted by atomic mass is 10.1. The number of hydrogen-bond acceptors (Lipinski definition) is 3. The highest BCUT2D eigenvalue weighted by Gasteiger charge is 2.27. The molecule has 2 heterocycles. The molecule has 1 unspecified atom stereocenters. The maximum atomic E-state index is 11.9. The molecular weight excluding hydrogens is 218 g/mol. The Bertz CT molecular complexity index is 400. The van der Waals surface area contributed by atoms with Crippen LogP contribution in [0.25, 0.3) is 0 Å². The molecule has 1 aliphatic rings. The molecule has 0 aromatic carbocycles.